The Hall–Kier alpha value is 0.0300. The summed E-state index contributed by atoms with van der Waals surface area (Å²) in [5, 5.41) is 74.7. The lowest BCUT2D eigenvalue weighted by Crippen LogP contribution is -2.49. The molecule has 1 rings (SSSR count). The number of aliphatic hydroxyl groups is 8. The van der Waals surface area contributed by atoms with E-state index < -0.39 is 59.4 Å². The van der Waals surface area contributed by atoms with Gasteiger partial charge in [0, 0.05) is 10.9 Å². The highest BCUT2D eigenvalue weighted by Crippen LogP contribution is 2.25. The third-order valence-electron chi connectivity index (χ3n) is 3.48. The summed E-state index contributed by atoms with van der Waals surface area (Å²) in [6.45, 7) is -1.11. The molecule has 1 heterocycles. The molecule has 0 aromatic carbocycles. The summed E-state index contributed by atoms with van der Waals surface area (Å²) in [6, 6.07) is 0. The minimum Gasteiger partial charge on any atom is -0.394 e. The monoisotopic (exact) mass is 315 g/mol. The molecule has 1 saturated heterocycles. The van der Waals surface area contributed by atoms with Crippen LogP contribution in [0.25, 0.3) is 0 Å². The van der Waals surface area contributed by atoms with Crippen LogP contribution in [-0.2, 0) is 10.9 Å². The van der Waals surface area contributed by atoms with Crippen molar-refractivity contribution in [3.63, 3.8) is 0 Å². The van der Waals surface area contributed by atoms with Gasteiger partial charge in [0.2, 0.25) is 0 Å². The van der Waals surface area contributed by atoms with Crippen LogP contribution in [0.1, 0.15) is 0 Å². The zero-order valence-electron chi connectivity index (χ0n) is 10.9. The predicted octanol–water partition coefficient (Wildman–Crippen LogP) is -4.86. The molecule has 120 valence electrons. The Labute approximate surface area is 119 Å². The van der Waals surface area contributed by atoms with Gasteiger partial charge in [-0.15, -0.1) is 0 Å². The van der Waals surface area contributed by atoms with Crippen molar-refractivity contribution in [3.8, 4) is 0 Å². The Bertz CT molecular complexity index is 294. The van der Waals surface area contributed by atoms with Crippen molar-refractivity contribution in [2.24, 2.45) is 0 Å². The van der Waals surface area contributed by atoms with Gasteiger partial charge in [-0.3, -0.25) is 0 Å². The third-order valence-corrected chi connectivity index (χ3v) is 6.30. The highest BCUT2D eigenvalue weighted by Gasteiger charge is 2.50. The van der Waals surface area contributed by atoms with Crippen molar-refractivity contribution in [2.45, 2.75) is 41.9 Å². The van der Waals surface area contributed by atoms with Crippen LogP contribution in [0.2, 0.25) is 0 Å². The second-order valence-corrected chi connectivity index (χ2v) is 7.30. The molecule has 0 aromatic heterocycles. The molecule has 1 aliphatic heterocycles. The molecule has 1 unspecified atom stereocenters. The predicted molar refractivity (Wildman–Crippen MR) is 71.1 cm³/mol. The van der Waals surface area contributed by atoms with Gasteiger partial charge in [-0.25, -0.2) is 0 Å². The second-order valence-electron chi connectivity index (χ2n) is 4.95. The van der Waals surface area contributed by atoms with E-state index in [0.29, 0.717) is 0 Å². The Morgan fingerprint density at radius 1 is 0.950 bits per heavy atom. The topological polar surface area (TPSA) is 162 Å². The normalized spacial score (nSPS) is 36.6. The zero-order valence-corrected chi connectivity index (χ0v) is 11.7. The van der Waals surface area contributed by atoms with Gasteiger partial charge in [-0.1, -0.05) is 0 Å². The lowest BCUT2D eigenvalue weighted by molar-refractivity contribution is -0.109. The number of aliphatic hydroxyl groups excluding tert-OH is 8. The summed E-state index contributed by atoms with van der Waals surface area (Å²) in [4.78, 5) is 0. The van der Waals surface area contributed by atoms with E-state index in [2.05, 4.69) is 0 Å². The molecule has 8 N–H and O–H groups in total. The van der Waals surface area contributed by atoms with Crippen LogP contribution < -0.4 is 0 Å². The lowest BCUT2D eigenvalue weighted by atomic mass is 10.0. The first kappa shape index (κ1) is 18.1. The third kappa shape index (κ3) is 4.03. The van der Waals surface area contributed by atoms with Gasteiger partial charge in [0.25, 0.3) is 0 Å². The van der Waals surface area contributed by atoms with Crippen molar-refractivity contribution in [2.75, 3.05) is 24.7 Å². The summed E-state index contributed by atoms with van der Waals surface area (Å²) >= 11 is 0. The van der Waals surface area contributed by atoms with E-state index >= 15 is 0 Å². The van der Waals surface area contributed by atoms with Crippen LogP contribution in [-0.4, -0.2) is 107 Å². The molecule has 9 heteroatoms. The lowest BCUT2D eigenvalue weighted by Gasteiger charge is -2.25. The zero-order chi connectivity index (χ0) is 15.4. The molecule has 8 nitrogen and oxygen atoms in total. The van der Waals surface area contributed by atoms with Crippen LogP contribution in [0.4, 0.5) is 0 Å². The number of hydrogen-bond donors (Lipinski definition) is 8. The van der Waals surface area contributed by atoms with Crippen LogP contribution in [0.5, 0.6) is 0 Å². The van der Waals surface area contributed by atoms with Crippen LogP contribution in [0.15, 0.2) is 0 Å². The molecule has 1 fully saturated rings. The van der Waals surface area contributed by atoms with Gasteiger partial charge >= 0.3 is 0 Å². The maximum absolute atomic E-state index is 9.84. The molecule has 0 radical (unpaired) electrons. The van der Waals surface area contributed by atoms with E-state index in [1.54, 1.807) is 0 Å². The van der Waals surface area contributed by atoms with Gasteiger partial charge in [0.1, 0.15) is 48.1 Å². The first-order valence-corrected chi connectivity index (χ1v) is 7.92. The van der Waals surface area contributed by atoms with Gasteiger partial charge in [0.15, 0.2) is 5.25 Å². The summed E-state index contributed by atoms with van der Waals surface area (Å²) in [5.74, 6) is 0.157. The maximum Gasteiger partial charge on any atom is 0.169 e. The fourth-order valence-electron chi connectivity index (χ4n) is 2.17. The summed E-state index contributed by atoms with van der Waals surface area (Å²) < 4.78 is 0. The Morgan fingerprint density at radius 2 is 1.50 bits per heavy atom. The quantitative estimate of drug-likeness (QED) is 0.217. The van der Waals surface area contributed by atoms with Gasteiger partial charge in [-0.05, 0) is 0 Å². The minimum absolute atomic E-state index is 0.0320. The highest BCUT2D eigenvalue weighted by atomic mass is 32.2. The average molecular weight is 315 g/mol. The fourth-order valence-corrected chi connectivity index (χ4v) is 4.86. The molecule has 8 atom stereocenters. The summed E-state index contributed by atoms with van der Waals surface area (Å²) in [5.41, 5.74) is 0. The second kappa shape index (κ2) is 7.87. The molecule has 0 bridgehead atoms. The van der Waals surface area contributed by atoms with Crippen molar-refractivity contribution in [3.05, 3.63) is 0 Å². The molecule has 0 saturated carbocycles. The van der Waals surface area contributed by atoms with Gasteiger partial charge in [0.05, 0.1) is 13.2 Å². The van der Waals surface area contributed by atoms with Gasteiger partial charge in [-0.2, -0.15) is 0 Å². The van der Waals surface area contributed by atoms with E-state index in [4.69, 9.17) is 5.11 Å². The van der Waals surface area contributed by atoms with Crippen LogP contribution in [0.3, 0.4) is 0 Å². The smallest absolute Gasteiger partial charge is 0.169 e. The largest absolute Gasteiger partial charge is 0.394 e. The molecule has 20 heavy (non-hydrogen) atoms. The fraction of sp³-hybridized carbons (Fsp3) is 1.00. The first-order chi connectivity index (χ1) is 9.33. The van der Waals surface area contributed by atoms with Crippen LogP contribution >= 0.6 is 0 Å². The maximum atomic E-state index is 9.84. The molecule has 0 amide bonds. The molecular weight excluding hydrogens is 292 g/mol. The molecule has 1 aliphatic rings. The Balaban J connectivity index is 2.59. The van der Waals surface area contributed by atoms with E-state index in [-0.39, 0.29) is 18.1 Å². The molecule has 0 aliphatic carbocycles. The van der Waals surface area contributed by atoms with Crippen molar-refractivity contribution in [1.29, 1.82) is 0 Å². The van der Waals surface area contributed by atoms with E-state index in [1.165, 1.54) is 0 Å². The number of rotatable bonds is 7. The van der Waals surface area contributed by atoms with Gasteiger partial charge < -0.3 is 40.9 Å². The molecular formula is C11H23O8S+. The van der Waals surface area contributed by atoms with Crippen molar-refractivity contribution in [1.82, 2.24) is 0 Å². The molecule has 0 aromatic rings. The first-order valence-electron chi connectivity index (χ1n) is 6.29. The van der Waals surface area contributed by atoms with Crippen LogP contribution in [0, 0.1) is 0 Å². The standard InChI is InChI=1S/C11H23O8S/c12-1-5(14)10(18)11(19)7(16)4-20-3-6(15)9(17)8(20)2-13/h5-19H,1-4H2/q+1/t5-,6+,7+,8+,9-,10+,11-,20?/m0/s1. The summed E-state index contributed by atoms with van der Waals surface area (Å²) in [7, 11) is -0.723. The SMILES string of the molecule is OC[C@@H]1[C@@H](O)[C@H](O)C[S+]1C[C@@H](O)[C@H](O)[C@H](O)[C@@H](O)CO. The summed E-state index contributed by atoms with van der Waals surface area (Å²) in [6.07, 6.45) is -8.42. The highest BCUT2D eigenvalue weighted by molar-refractivity contribution is 7.97. The minimum atomic E-state index is -1.70. The van der Waals surface area contributed by atoms with Crippen molar-refractivity contribution < 1.29 is 40.9 Å². The van der Waals surface area contributed by atoms with E-state index in [0.717, 1.165) is 0 Å². The molecule has 0 spiro atoms. The van der Waals surface area contributed by atoms with Crippen molar-refractivity contribution >= 4 is 10.9 Å². The Kier molecular flexibility index (Phi) is 7.12. The number of hydrogen-bond acceptors (Lipinski definition) is 8. The van der Waals surface area contributed by atoms with E-state index in [9.17, 15) is 35.7 Å². The Morgan fingerprint density at radius 3 is 2.00 bits per heavy atom. The van der Waals surface area contributed by atoms with E-state index in [1.807, 2.05) is 0 Å². The average Bonchev–Trinajstić information content (AvgIpc) is 2.70.